The fourth-order valence-electron chi connectivity index (χ4n) is 2.29. The first-order chi connectivity index (χ1) is 7.33. The van der Waals surface area contributed by atoms with Crippen molar-refractivity contribution in [1.82, 2.24) is 5.32 Å². The van der Waals surface area contributed by atoms with E-state index in [4.69, 9.17) is 4.74 Å². The molecule has 1 aliphatic carbocycles. The number of likely N-dealkylation sites (N-methyl/N-ethyl adjacent to an activating group) is 1. The molecular formula is C13H27NO. The Labute approximate surface area is 94.8 Å². The van der Waals surface area contributed by atoms with Crippen molar-refractivity contribution in [2.75, 3.05) is 13.7 Å². The van der Waals surface area contributed by atoms with Gasteiger partial charge in [-0.15, -0.1) is 0 Å². The second-order valence-electron chi connectivity index (χ2n) is 4.65. The van der Waals surface area contributed by atoms with E-state index in [9.17, 15) is 0 Å². The molecule has 0 aromatic carbocycles. The Bertz CT molecular complexity index is 157. The molecule has 0 aromatic heterocycles. The second-order valence-corrected chi connectivity index (χ2v) is 4.65. The molecule has 0 heterocycles. The van der Waals surface area contributed by atoms with Crippen LogP contribution in [0.1, 0.15) is 52.4 Å². The van der Waals surface area contributed by atoms with Crippen molar-refractivity contribution in [2.45, 2.75) is 64.5 Å². The largest absolute Gasteiger partial charge is 0.377 e. The standard InChI is InChI=1S/C13H27NO/c1-4-6-7-8-12(14-3)13(15-5-2)11-9-10-11/h11-14H,4-10H2,1-3H3. The third kappa shape index (κ3) is 4.52. The highest BCUT2D eigenvalue weighted by molar-refractivity contribution is 4.89. The van der Waals surface area contributed by atoms with Crippen LogP contribution in [0.4, 0.5) is 0 Å². The van der Waals surface area contributed by atoms with Gasteiger partial charge in [-0.3, -0.25) is 0 Å². The van der Waals surface area contributed by atoms with E-state index in [2.05, 4.69) is 26.2 Å². The molecule has 0 radical (unpaired) electrons. The lowest BCUT2D eigenvalue weighted by Crippen LogP contribution is -2.40. The molecule has 0 saturated heterocycles. The van der Waals surface area contributed by atoms with Gasteiger partial charge in [-0.2, -0.15) is 0 Å². The van der Waals surface area contributed by atoms with E-state index in [0.717, 1.165) is 12.5 Å². The first-order valence-electron chi connectivity index (χ1n) is 6.62. The molecule has 1 N–H and O–H groups in total. The Morgan fingerprint density at radius 3 is 2.47 bits per heavy atom. The molecule has 1 rings (SSSR count). The lowest BCUT2D eigenvalue weighted by atomic mass is 10.00. The van der Waals surface area contributed by atoms with Crippen molar-refractivity contribution in [1.29, 1.82) is 0 Å². The van der Waals surface area contributed by atoms with Crippen molar-refractivity contribution in [3.8, 4) is 0 Å². The summed E-state index contributed by atoms with van der Waals surface area (Å²) in [7, 11) is 2.07. The minimum Gasteiger partial charge on any atom is -0.377 e. The minimum absolute atomic E-state index is 0.469. The molecule has 0 aromatic rings. The highest BCUT2D eigenvalue weighted by atomic mass is 16.5. The summed E-state index contributed by atoms with van der Waals surface area (Å²) in [5.41, 5.74) is 0. The summed E-state index contributed by atoms with van der Waals surface area (Å²) in [4.78, 5) is 0. The van der Waals surface area contributed by atoms with Crippen LogP contribution >= 0.6 is 0 Å². The van der Waals surface area contributed by atoms with Crippen LogP contribution in [0.25, 0.3) is 0 Å². The molecule has 0 amide bonds. The average molecular weight is 213 g/mol. The van der Waals surface area contributed by atoms with Crippen LogP contribution in [0, 0.1) is 5.92 Å². The summed E-state index contributed by atoms with van der Waals surface area (Å²) in [6.45, 7) is 5.22. The Hall–Kier alpha value is -0.0800. The van der Waals surface area contributed by atoms with Gasteiger partial charge in [-0.1, -0.05) is 26.2 Å². The predicted molar refractivity (Wildman–Crippen MR) is 65.1 cm³/mol. The van der Waals surface area contributed by atoms with Crippen molar-refractivity contribution in [3.63, 3.8) is 0 Å². The number of unbranched alkanes of at least 4 members (excludes halogenated alkanes) is 2. The van der Waals surface area contributed by atoms with Crippen molar-refractivity contribution in [2.24, 2.45) is 5.92 Å². The van der Waals surface area contributed by atoms with Gasteiger partial charge in [0.2, 0.25) is 0 Å². The van der Waals surface area contributed by atoms with E-state index in [1.807, 2.05) is 0 Å². The van der Waals surface area contributed by atoms with Gasteiger partial charge in [0.1, 0.15) is 0 Å². The molecule has 2 heteroatoms. The maximum Gasteiger partial charge on any atom is 0.0755 e. The summed E-state index contributed by atoms with van der Waals surface area (Å²) in [5.74, 6) is 0.837. The van der Waals surface area contributed by atoms with Crippen LogP contribution in [0.2, 0.25) is 0 Å². The number of ether oxygens (including phenoxy) is 1. The van der Waals surface area contributed by atoms with E-state index in [-0.39, 0.29) is 0 Å². The van der Waals surface area contributed by atoms with Gasteiger partial charge < -0.3 is 10.1 Å². The predicted octanol–water partition coefficient (Wildman–Crippen LogP) is 2.97. The summed E-state index contributed by atoms with van der Waals surface area (Å²) in [6.07, 6.45) is 8.47. The smallest absolute Gasteiger partial charge is 0.0755 e. The van der Waals surface area contributed by atoms with Crippen molar-refractivity contribution < 1.29 is 4.74 Å². The summed E-state index contributed by atoms with van der Waals surface area (Å²) >= 11 is 0. The van der Waals surface area contributed by atoms with Gasteiger partial charge in [0, 0.05) is 12.6 Å². The highest BCUT2D eigenvalue weighted by Gasteiger charge is 2.36. The second kappa shape index (κ2) is 7.24. The molecular weight excluding hydrogens is 186 g/mol. The monoisotopic (exact) mass is 213 g/mol. The fraction of sp³-hybridized carbons (Fsp3) is 1.00. The molecule has 1 aliphatic rings. The zero-order valence-corrected chi connectivity index (χ0v) is 10.6. The van der Waals surface area contributed by atoms with Crippen molar-refractivity contribution >= 4 is 0 Å². The molecule has 0 spiro atoms. The molecule has 15 heavy (non-hydrogen) atoms. The van der Waals surface area contributed by atoms with E-state index in [1.54, 1.807) is 0 Å². The van der Waals surface area contributed by atoms with Crippen LogP contribution in [-0.4, -0.2) is 25.8 Å². The van der Waals surface area contributed by atoms with Crippen LogP contribution in [0.5, 0.6) is 0 Å². The maximum absolute atomic E-state index is 5.89. The SMILES string of the molecule is CCCCCC(NC)C(OCC)C1CC1. The Morgan fingerprint density at radius 1 is 1.27 bits per heavy atom. The maximum atomic E-state index is 5.89. The van der Waals surface area contributed by atoms with Crippen molar-refractivity contribution in [3.05, 3.63) is 0 Å². The average Bonchev–Trinajstić information content (AvgIpc) is 3.06. The van der Waals surface area contributed by atoms with E-state index < -0.39 is 0 Å². The van der Waals surface area contributed by atoms with E-state index >= 15 is 0 Å². The zero-order valence-electron chi connectivity index (χ0n) is 10.6. The molecule has 0 aliphatic heterocycles. The van der Waals surface area contributed by atoms with Gasteiger partial charge in [-0.25, -0.2) is 0 Å². The molecule has 1 saturated carbocycles. The van der Waals surface area contributed by atoms with E-state index in [0.29, 0.717) is 12.1 Å². The highest BCUT2D eigenvalue weighted by Crippen LogP contribution is 2.36. The third-order valence-corrected chi connectivity index (χ3v) is 3.33. The third-order valence-electron chi connectivity index (χ3n) is 3.33. The Balaban J connectivity index is 2.31. The quantitative estimate of drug-likeness (QED) is 0.595. The Kier molecular flexibility index (Phi) is 6.26. The number of hydrogen-bond acceptors (Lipinski definition) is 2. The molecule has 2 nitrogen and oxygen atoms in total. The number of rotatable bonds is 9. The topological polar surface area (TPSA) is 21.3 Å². The minimum atomic E-state index is 0.469. The fourth-order valence-corrected chi connectivity index (χ4v) is 2.29. The van der Waals surface area contributed by atoms with Gasteiger partial charge >= 0.3 is 0 Å². The molecule has 2 atom stereocenters. The van der Waals surface area contributed by atoms with Gasteiger partial charge in [-0.05, 0) is 39.2 Å². The van der Waals surface area contributed by atoms with Gasteiger partial charge in [0.25, 0.3) is 0 Å². The van der Waals surface area contributed by atoms with Gasteiger partial charge in [0.15, 0.2) is 0 Å². The summed E-state index contributed by atoms with van der Waals surface area (Å²) in [5, 5.41) is 3.44. The molecule has 90 valence electrons. The lowest BCUT2D eigenvalue weighted by molar-refractivity contribution is 0.0183. The normalized spacial score (nSPS) is 20.2. The van der Waals surface area contributed by atoms with E-state index in [1.165, 1.54) is 38.5 Å². The van der Waals surface area contributed by atoms with Crippen LogP contribution in [0.15, 0.2) is 0 Å². The van der Waals surface area contributed by atoms with Crippen LogP contribution in [-0.2, 0) is 4.74 Å². The first-order valence-corrected chi connectivity index (χ1v) is 6.62. The molecule has 2 unspecified atom stereocenters. The zero-order chi connectivity index (χ0) is 11.1. The summed E-state index contributed by atoms with van der Waals surface area (Å²) in [6, 6.07) is 0.573. The first kappa shape index (κ1) is 13.0. The van der Waals surface area contributed by atoms with Crippen LogP contribution in [0.3, 0.4) is 0 Å². The number of nitrogens with one attached hydrogen (secondary N) is 1. The van der Waals surface area contributed by atoms with Crippen LogP contribution < -0.4 is 5.32 Å². The Morgan fingerprint density at radius 2 is 2.00 bits per heavy atom. The number of hydrogen-bond donors (Lipinski definition) is 1. The molecule has 0 bridgehead atoms. The summed E-state index contributed by atoms with van der Waals surface area (Å²) < 4.78 is 5.89. The molecule has 1 fully saturated rings. The lowest BCUT2D eigenvalue weighted by Gasteiger charge is -2.26. The van der Waals surface area contributed by atoms with Gasteiger partial charge in [0.05, 0.1) is 6.10 Å².